The molecule has 1 rings (SSSR count). The van der Waals surface area contributed by atoms with Crippen LogP contribution >= 0.6 is 0 Å². The van der Waals surface area contributed by atoms with Crippen molar-refractivity contribution >= 4 is 5.91 Å². The van der Waals surface area contributed by atoms with E-state index in [1.807, 2.05) is 0 Å². The monoisotopic (exact) mass is 186 g/mol. The Balaban J connectivity index is 2.30. The molecule has 3 atom stereocenters. The van der Waals surface area contributed by atoms with E-state index in [1.54, 1.807) is 6.92 Å². The fourth-order valence-corrected chi connectivity index (χ4v) is 1.69. The number of carbonyl (C=O) groups excluding carboxylic acids is 1. The van der Waals surface area contributed by atoms with Crippen LogP contribution in [0.1, 0.15) is 26.2 Å². The Morgan fingerprint density at radius 3 is 2.85 bits per heavy atom. The summed E-state index contributed by atoms with van der Waals surface area (Å²) in [5.74, 6) is -0.0512. The predicted molar refractivity (Wildman–Crippen MR) is 50.0 cm³/mol. The zero-order valence-corrected chi connectivity index (χ0v) is 7.99. The lowest BCUT2D eigenvalue weighted by Gasteiger charge is -2.15. The van der Waals surface area contributed by atoms with E-state index in [-0.39, 0.29) is 17.9 Å². The Bertz CT molecular complexity index is 182. The maximum atomic E-state index is 11.5. The maximum absolute atomic E-state index is 11.5. The summed E-state index contributed by atoms with van der Waals surface area (Å²) in [6.07, 6.45) is 2.37. The zero-order valence-electron chi connectivity index (χ0n) is 7.99. The first-order valence-corrected chi connectivity index (χ1v) is 4.82. The largest absolute Gasteiger partial charge is 0.392 e. The summed E-state index contributed by atoms with van der Waals surface area (Å²) in [6, 6.07) is 0.00833. The number of rotatable bonds is 3. The van der Waals surface area contributed by atoms with Crippen LogP contribution in [0.25, 0.3) is 0 Å². The quantitative estimate of drug-likeness (QED) is 0.562. The van der Waals surface area contributed by atoms with E-state index in [4.69, 9.17) is 10.8 Å². The summed E-state index contributed by atoms with van der Waals surface area (Å²) in [4.78, 5) is 11.5. The molecule has 1 aliphatic rings. The summed E-state index contributed by atoms with van der Waals surface area (Å²) in [6.45, 7) is 1.97. The smallest absolute Gasteiger partial charge is 0.224 e. The molecule has 0 radical (unpaired) electrons. The van der Waals surface area contributed by atoms with Crippen LogP contribution in [0.5, 0.6) is 0 Å². The number of nitrogens with two attached hydrogens (primary N) is 1. The highest BCUT2D eigenvalue weighted by molar-refractivity contribution is 5.79. The van der Waals surface area contributed by atoms with Crippen LogP contribution in [-0.2, 0) is 4.79 Å². The molecule has 2 unspecified atom stereocenters. The molecular formula is C9H18N2O2. The average Bonchev–Trinajstić information content (AvgIpc) is 2.47. The molecule has 0 aromatic carbocycles. The third-order valence-corrected chi connectivity index (χ3v) is 2.48. The second-order valence-corrected chi connectivity index (χ2v) is 3.80. The molecule has 0 aromatic rings. The average molecular weight is 186 g/mol. The highest BCUT2D eigenvalue weighted by Crippen LogP contribution is 2.23. The third-order valence-electron chi connectivity index (χ3n) is 2.48. The van der Waals surface area contributed by atoms with E-state index in [0.717, 1.165) is 19.3 Å². The first-order chi connectivity index (χ1) is 6.11. The Labute approximate surface area is 78.5 Å². The Hall–Kier alpha value is -0.610. The van der Waals surface area contributed by atoms with Crippen LogP contribution in [0, 0.1) is 5.92 Å². The molecule has 13 heavy (non-hydrogen) atoms. The van der Waals surface area contributed by atoms with Crippen molar-refractivity contribution in [1.29, 1.82) is 0 Å². The summed E-state index contributed by atoms with van der Waals surface area (Å²) in [5, 5.41) is 11.6. The van der Waals surface area contributed by atoms with E-state index < -0.39 is 6.10 Å². The topological polar surface area (TPSA) is 75.3 Å². The lowest BCUT2D eigenvalue weighted by atomic mass is 10.0. The van der Waals surface area contributed by atoms with Gasteiger partial charge in [0.25, 0.3) is 0 Å². The van der Waals surface area contributed by atoms with Gasteiger partial charge in [0.1, 0.15) is 0 Å². The molecular weight excluding hydrogens is 168 g/mol. The van der Waals surface area contributed by atoms with Crippen molar-refractivity contribution in [1.82, 2.24) is 5.32 Å². The fourth-order valence-electron chi connectivity index (χ4n) is 1.69. The van der Waals surface area contributed by atoms with Crippen molar-refractivity contribution in [3.05, 3.63) is 0 Å². The maximum Gasteiger partial charge on any atom is 0.224 e. The van der Waals surface area contributed by atoms with Gasteiger partial charge in [-0.25, -0.2) is 0 Å². The third kappa shape index (κ3) is 2.97. The minimum Gasteiger partial charge on any atom is -0.392 e. The molecule has 4 N–H and O–H groups in total. The van der Waals surface area contributed by atoms with Crippen LogP contribution in [0.15, 0.2) is 0 Å². The molecule has 4 heteroatoms. The van der Waals surface area contributed by atoms with E-state index in [1.165, 1.54) is 0 Å². The van der Waals surface area contributed by atoms with Crippen molar-refractivity contribution in [2.75, 3.05) is 6.54 Å². The van der Waals surface area contributed by atoms with Gasteiger partial charge >= 0.3 is 0 Å². The molecule has 0 heterocycles. The normalized spacial score (nSPS) is 30.1. The summed E-state index contributed by atoms with van der Waals surface area (Å²) in [5.41, 5.74) is 5.76. The van der Waals surface area contributed by atoms with Crippen molar-refractivity contribution in [2.45, 2.75) is 38.3 Å². The lowest BCUT2D eigenvalue weighted by Crippen LogP contribution is -2.40. The molecule has 0 bridgehead atoms. The Morgan fingerprint density at radius 1 is 1.69 bits per heavy atom. The van der Waals surface area contributed by atoms with E-state index >= 15 is 0 Å². The first-order valence-electron chi connectivity index (χ1n) is 4.82. The number of nitrogens with one attached hydrogen (secondary N) is 1. The molecule has 0 saturated heterocycles. The number of hydrogen-bond acceptors (Lipinski definition) is 3. The SMILES string of the molecule is C[C@@H](O)CNC(=O)C1CCCC1N. The molecule has 1 aliphatic carbocycles. The van der Waals surface area contributed by atoms with Crippen molar-refractivity contribution in [2.24, 2.45) is 11.7 Å². The minimum absolute atomic E-state index is 0.00833. The number of aliphatic hydroxyl groups is 1. The molecule has 1 amide bonds. The van der Waals surface area contributed by atoms with Gasteiger partial charge < -0.3 is 16.2 Å². The fraction of sp³-hybridized carbons (Fsp3) is 0.889. The minimum atomic E-state index is -0.485. The van der Waals surface area contributed by atoms with Crippen LogP contribution in [0.4, 0.5) is 0 Å². The standard InChI is InChI=1S/C9H18N2O2/c1-6(12)5-11-9(13)7-3-2-4-8(7)10/h6-8,12H,2-5,10H2,1H3,(H,11,13)/t6-,7?,8?/m1/s1. The van der Waals surface area contributed by atoms with Gasteiger partial charge in [-0.2, -0.15) is 0 Å². The van der Waals surface area contributed by atoms with Gasteiger partial charge in [0.15, 0.2) is 0 Å². The summed E-state index contributed by atoms with van der Waals surface area (Å²) in [7, 11) is 0. The molecule has 76 valence electrons. The second kappa shape index (κ2) is 4.58. The second-order valence-electron chi connectivity index (χ2n) is 3.80. The Morgan fingerprint density at radius 2 is 2.38 bits per heavy atom. The lowest BCUT2D eigenvalue weighted by molar-refractivity contribution is -0.125. The molecule has 0 aliphatic heterocycles. The van der Waals surface area contributed by atoms with Gasteiger partial charge in [-0.1, -0.05) is 6.42 Å². The van der Waals surface area contributed by atoms with Gasteiger partial charge in [0.05, 0.1) is 12.0 Å². The number of aliphatic hydroxyl groups excluding tert-OH is 1. The molecule has 4 nitrogen and oxygen atoms in total. The van der Waals surface area contributed by atoms with Crippen LogP contribution in [-0.4, -0.2) is 29.7 Å². The first kappa shape index (κ1) is 10.5. The molecule has 0 aromatic heterocycles. The van der Waals surface area contributed by atoms with Gasteiger partial charge in [-0.15, -0.1) is 0 Å². The zero-order chi connectivity index (χ0) is 9.84. The van der Waals surface area contributed by atoms with Gasteiger partial charge in [-0.05, 0) is 19.8 Å². The van der Waals surface area contributed by atoms with Gasteiger partial charge in [-0.3, -0.25) is 4.79 Å². The highest BCUT2D eigenvalue weighted by atomic mass is 16.3. The number of amides is 1. The number of hydrogen-bond donors (Lipinski definition) is 3. The molecule has 1 saturated carbocycles. The van der Waals surface area contributed by atoms with Crippen molar-refractivity contribution in [3.63, 3.8) is 0 Å². The van der Waals surface area contributed by atoms with Crippen LogP contribution in [0.2, 0.25) is 0 Å². The predicted octanol–water partition coefficient (Wildman–Crippen LogP) is -0.389. The van der Waals surface area contributed by atoms with E-state index in [9.17, 15) is 4.79 Å². The van der Waals surface area contributed by atoms with Gasteiger partial charge in [0.2, 0.25) is 5.91 Å². The highest BCUT2D eigenvalue weighted by Gasteiger charge is 2.29. The van der Waals surface area contributed by atoms with Crippen LogP contribution < -0.4 is 11.1 Å². The summed E-state index contributed by atoms with van der Waals surface area (Å²) < 4.78 is 0. The van der Waals surface area contributed by atoms with Crippen LogP contribution in [0.3, 0.4) is 0 Å². The van der Waals surface area contributed by atoms with Crippen molar-refractivity contribution in [3.8, 4) is 0 Å². The summed E-state index contributed by atoms with van der Waals surface area (Å²) >= 11 is 0. The molecule has 1 fully saturated rings. The van der Waals surface area contributed by atoms with Crippen molar-refractivity contribution < 1.29 is 9.90 Å². The molecule has 0 spiro atoms. The van der Waals surface area contributed by atoms with E-state index in [2.05, 4.69) is 5.32 Å². The number of carbonyl (C=O) groups is 1. The van der Waals surface area contributed by atoms with Gasteiger partial charge in [0, 0.05) is 12.6 Å². The Kier molecular flexibility index (Phi) is 3.69. The van der Waals surface area contributed by atoms with E-state index in [0.29, 0.717) is 6.54 Å².